The van der Waals surface area contributed by atoms with Crippen molar-refractivity contribution < 1.29 is 14.3 Å². The number of hydrogen-bond acceptors (Lipinski definition) is 5. The Morgan fingerprint density at radius 3 is 2.71 bits per heavy atom. The minimum atomic E-state index is -0.377. The average Bonchev–Trinajstić information content (AvgIpc) is 2.48. The average molecular weight is 309 g/mol. The molecule has 2 rings (SSSR count). The summed E-state index contributed by atoms with van der Waals surface area (Å²) in [6.45, 7) is 4.58. The summed E-state index contributed by atoms with van der Waals surface area (Å²) >= 11 is 2.00. The van der Waals surface area contributed by atoms with Gasteiger partial charge in [-0.1, -0.05) is 13.8 Å². The molecule has 0 bridgehead atoms. The smallest absolute Gasteiger partial charge is 0.343 e. The molecule has 116 valence electrons. The zero-order valence-corrected chi connectivity index (χ0v) is 13.7. The molecular weight excluding hydrogens is 286 g/mol. The van der Waals surface area contributed by atoms with Crippen molar-refractivity contribution in [1.82, 2.24) is 0 Å². The Kier molecular flexibility index (Phi) is 5.39. The van der Waals surface area contributed by atoms with E-state index in [9.17, 15) is 4.79 Å². The first-order valence-corrected chi connectivity index (χ1v) is 8.31. The van der Waals surface area contributed by atoms with Gasteiger partial charge in [-0.25, -0.2) is 4.79 Å². The molecule has 1 atom stereocenters. The first-order chi connectivity index (χ1) is 10.0. The van der Waals surface area contributed by atoms with Crippen LogP contribution >= 0.6 is 11.8 Å². The predicted molar refractivity (Wildman–Crippen MR) is 87.1 cm³/mol. The zero-order valence-electron chi connectivity index (χ0n) is 12.8. The molecule has 1 aliphatic heterocycles. The van der Waals surface area contributed by atoms with Gasteiger partial charge in [-0.15, -0.1) is 0 Å². The summed E-state index contributed by atoms with van der Waals surface area (Å²) < 4.78 is 9.88. The van der Waals surface area contributed by atoms with Gasteiger partial charge in [0.25, 0.3) is 0 Å². The van der Waals surface area contributed by atoms with Crippen LogP contribution in [-0.4, -0.2) is 37.2 Å². The van der Waals surface area contributed by atoms with Crippen molar-refractivity contribution in [2.75, 3.05) is 30.5 Å². The van der Waals surface area contributed by atoms with Crippen molar-refractivity contribution in [3.05, 3.63) is 24.3 Å². The standard InChI is InChI=1S/C16H23NO3S/c1-16(2)8-9-21-11-14(16)17-12-4-6-13(7-5-12)20-10-15(18)19-3/h4-7,14,17H,8-11H2,1-3H3. The summed E-state index contributed by atoms with van der Waals surface area (Å²) in [4.78, 5) is 11.0. The second-order valence-electron chi connectivity index (χ2n) is 5.90. The predicted octanol–water partition coefficient (Wildman–Crippen LogP) is 3.18. The van der Waals surface area contributed by atoms with E-state index < -0.39 is 0 Å². The molecule has 1 unspecified atom stereocenters. The van der Waals surface area contributed by atoms with Gasteiger partial charge in [-0.2, -0.15) is 11.8 Å². The van der Waals surface area contributed by atoms with Crippen LogP contribution in [0.25, 0.3) is 0 Å². The van der Waals surface area contributed by atoms with Crippen LogP contribution in [0, 0.1) is 5.41 Å². The molecule has 1 aliphatic rings. The molecule has 21 heavy (non-hydrogen) atoms. The number of thioether (sulfide) groups is 1. The van der Waals surface area contributed by atoms with E-state index in [4.69, 9.17) is 4.74 Å². The highest BCUT2D eigenvalue weighted by Gasteiger charge is 2.32. The Morgan fingerprint density at radius 2 is 2.10 bits per heavy atom. The highest BCUT2D eigenvalue weighted by Crippen LogP contribution is 2.36. The lowest BCUT2D eigenvalue weighted by Crippen LogP contribution is -2.41. The van der Waals surface area contributed by atoms with Gasteiger partial charge in [0.2, 0.25) is 0 Å². The van der Waals surface area contributed by atoms with Gasteiger partial charge in [0, 0.05) is 17.5 Å². The maximum absolute atomic E-state index is 11.0. The Morgan fingerprint density at radius 1 is 1.38 bits per heavy atom. The molecule has 0 saturated carbocycles. The minimum absolute atomic E-state index is 0.0599. The fourth-order valence-electron chi connectivity index (χ4n) is 2.22. The lowest BCUT2D eigenvalue weighted by Gasteiger charge is -2.39. The third-order valence-electron chi connectivity index (χ3n) is 3.90. The summed E-state index contributed by atoms with van der Waals surface area (Å²) in [5.74, 6) is 2.67. The number of hydrogen-bond donors (Lipinski definition) is 1. The van der Waals surface area contributed by atoms with Crippen LogP contribution in [0.3, 0.4) is 0 Å². The highest BCUT2D eigenvalue weighted by atomic mass is 32.2. The number of carbonyl (C=O) groups is 1. The Bertz CT molecular complexity index is 473. The summed E-state index contributed by atoms with van der Waals surface area (Å²) in [5, 5.41) is 3.61. The number of rotatable bonds is 5. The minimum Gasteiger partial charge on any atom is -0.482 e. The third kappa shape index (κ3) is 4.56. The monoisotopic (exact) mass is 309 g/mol. The van der Waals surface area contributed by atoms with Crippen molar-refractivity contribution in [2.24, 2.45) is 5.41 Å². The first kappa shape index (κ1) is 16.0. The molecule has 1 fully saturated rings. The molecular formula is C16H23NO3S. The second-order valence-corrected chi connectivity index (χ2v) is 7.05. The molecule has 0 aromatic heterocycles. The number of carbonyl (C=O) groups excluding carboxylic acids is 1. The quantitative estimate of drug-likeness (QED) is 0.847. The highest BCUT2D eigenvalue weighted by molar-refractivity contribution is 7.99. The van der Waals surface area contributed by atoms with Crippen LogP contribution in [0.1, 0.15) is 20.3 Å². The SMILES string of the molecule is COC(=O)COc1ccc(NC2CSCCC2(C)C)cc1. The van der Waals surface area contributed by atoms with Crippen molar-refractivity contribution in [3.8, 4) is 5.75 Å². The largest absolute Gasteiger partial charge is 0.482 e. The Hall–Kier alpha value is -1.36. The molecule has 1 aromatic carbocycles. The fourth-order valence-corrected chi connectivity index (χ4v) is 3.83. The van der Waals surface area contributed by atoms with Crippen LogP contribution in [0.15, 0.2) is 24.3 Å². The van der Waals surface area contributed by atoms with Crippen molar-refractivity contribution in [2.45, 2.75) is 26.3 Å². The van der Waals surface area contributed by atoms with Crippen LogP contribution in [0.4, 0.5) is 5.69 Å². The van der Waals surface area contributed by atoms with Gasteiger partial charge >= 0.3 is 5.97 Å². The van der Waals surface area contributed by atoms with Crippen LogP contribution in [-0.2, 0) is 9.53 Å². The lowest BCUT2D eigenvalue weighted by atomic mass is 9.82. The van der Waals surface area contributed by atoms with E-state index in [0.29, 0.717) is 17.2 Å². The molecule has 0 aliphatic carbocycles. The molecule has 1 saturated heterocycles. The normalized spacial score (nSPS) is 20.6. The van der Waals surface area contributed by atoms with Gasteiger partial charge in [-0.05, 0) is 41.9 Å². The third-order valence-corrected chi connectivity index (χ3v) is 4.96. The number of methoxy groups -OCH3 is 1. The fraction of sp³-hybridized carbons (Fsp3) is 0.562. The summed E-state index contributed by atoms with van der Waals surface area (Å²) in [6.07, 6.45) is 1.23. The van der Waals surface area contributed by atoms with Crippen molar-refractivity contribution >= 4 is 23.4 Å². The van der Waals surface area contributed by atoms with Gasteiger partial charge in [0.15, 0.2) is 6.61 Å². The second kappa shape index (κ2) is 7.07. The van der Waals surface area contributed by atoms with E-state index in [1.807, 2.05) is 36.0 Å². The number of ether oxygens (including phenoxy) is 2. The van der Waals surface area contributed by atoms with Gasteiger partial charge in [0.1, 0.15) is 5.75 Å². The van der Waals surface area contributed by atoms with Crippen molar-refractivity contribution in [1.29, 1.82) is 0 Å². The zero-order chi connectivity index (χ0) is 15.3. The summed E-state index contributed by atoms with van der Waals surface area (Å²) in [6, 6.07) is 8.19. The van der Waals surface area contributed by atoms with Gasteiger partial charge in [0.05, 0.1) is 7.11 Å². The van der Waals surface area contributed by atoms with Crippen LogP contribution < -0.4 is 10.1 Å². The van der Waals surface area contributed by atoms with E-state index in [2.05, 4.69) is 23.9 Å². The van der Waals surface area contributed by atoms with E-state index in [1.165, 1.54) is 19.3 Å². The maximum Gasteiger partial charge on any atom is 0.343 e. The molecule has 0 radical (unpaired) electrons. The Balaban J connectivity index is 1.91. The maximum atomic E-state index is 11.0. The first-order valence-electron chi connectivity index (χ1n) is 7.15. The molecule has 1 heterocycles. The summed E-state index contributed by atoms with van der Waals surface area (Å²) in [5.41, 5.74) is 1.40. The van der Waals surface area contributed by atoms with E-state index in [1.54, 1.807) is 0 Å². The molecule has 0 spiro atoms. The molecule has 1 aromatic rings. The molecule has 5 heteroatoms. The number of anilines is 1. The number of benzene rings is 1. The molecule has 4 nitrogen and oxygen atoms in total. The van der Waals surface area contributed by atoms with Gasteiger partial charge in [-0.3, -0.25) is 0 Å². The summed E-state index contributed by atoms with van der Waals surface area (Å²) in [7, 11) is 1.35. The number of nitrogens with one attached hydrogen (secondary N) is 1. The van der Waals surface area contributed by atoms with E-state index >= 15 is 0 Å². The topological polar surface area (TPSA) is 47.6 Å². The van der Waals surface area contributed by atoms with E-state index in [-0.39, 0.29) is 12.6 Å². The van der Waals surface area contributed by atoms with Crippen molar-refractivity contribution in [3.63, 3.8) is 0 Å². The van der Waals surface area contributed by atoms with E-state index in [0.717, 1.165) is 11.4 Å². The molecule has 0 amide bonds. The molecule has 1 N–H and O–H groups in total. The number of esters is 1. The van der Waals surface area contributed by atoms with Crippen LogP contribution in [0.5, 0.6) is 5.75 Å². The Labute approximate surface area is 130 Å². The van der Waals surface area contributed by atoms with Gasteiger partial charge < -0.3 is 14.8 Å². The lowest BCUT2D eigenvalue weighted by molar-refractivity contribution is -0.142. The van der Waals surface area contributed by atoms with Crippen LogP contribution in [0.2, 0.25) is 0 Å².